The molecule has 130 valence electrons. The van der Waals surface area contributed by atoms with Crippen molar-refractivity contribution in [2.24, 2.45) is 5.73 Å². The smallest absolute Gasteiger partial charge is 0.361 e. The monoisotopic (exact) mass is 347 g/mol. The van der Waals surface area contributed by atoms with Gasteiger partial charge >= 0.3 is 6.18 Å². The third kappa shape index (κ3) is 3.66. The molecule has 1 aromatic heterocycles. The fourth-order valence-electron chi connectivity index (χ4n) is 2.69. The summed E-state index contributed by atoms with van der Waals surface area (Å²) in [4.78, 5) is 15.3. The lowest BCUT2D eigenvalue weighted by molar-refractivity contribution is -0.137. The molecule has 0 radical (unpaired) electrons. The maximum absolute atomic E-state index is 13.0. The molecule has 3 aromatic rings. The highest BCUT2D eigenvalue weighted by molar-refractivity contribution is 5.96. The van der Waals surface area contributed by atoms with Crippen molar-refractivity contribution in [1.82, 2.24) is 4.98 Å². The van der Waals surface area contributed by atoms with Gasteiger partial charge in [-0.25, -0.2) is 0 Å². The molecule has 4 N–H and O–H groups in total. The molecule has 1 unspecified atom stereocenters. The van der Waals surface area contributed by atoms with Crippen LogP contribution in [0.3, 0.4) is 0 Å². The van der Waals surface area contributed by atoms with E-state index in [2.05, 4.69) is 10.3 Å². The number of hydrogen-bond acceptors (Lipinski definition) is 2. The molecule has 0 saturated carbocycles. The number of H-pyrrole nitrogens is 1. The van der Waals surface area contributed by atoms with Crippen molar-refractivity contribution in [3.63, 3.8) is 0 Å². The first-order valence-electron chi connectivity index (χ1n) is 7.64. The standard InChI is InChI=1S/C18H16F3N3O/c19-18(20,21)13-6-2-4-8-16(13)24-17(25)14(22)9-11-10-23-15-7-3-1-5-12(11)15/h1-8,10,14,23H,9,22H2,(H,24,25). The molecule has 1 amide bonds. The number of anilines is 1. The molecule has 3 rings (SSSR count). The minimum atomic E-state index is -4.55. The van der Waals surface area contributed by atoms with Crippen LogP contribution >= 0.6 is 0 Å². The molecule has 0 aliphatic carbocycles. The number of alkyl halides is 3. The van der Waals surface area contributed by atoms with Gasteiger partial charge in [-0.2, -0.15) is 13.2 Å². The highest BCUT2D eigenvalue weighted by Crippen LogP contribution is 2.34. The van der Waals surface area contributed by atoms with E-state index in [9.17, 15) is 18.0 Å². The third-order valence-electron chi connectivity index (χ3n) is 3.94. The Balaban J connectivity index is 1.76. The Morgan fingerprint density at radius 2 is 1.80 bits per heavy atom. The molecular weight excluding hydrogens is 331 g/mol. The first-order valence-corrected chi connectivity index (χ1v) is 7.64. The van der Waals surface area contributed by atoms with Crippen LogP contribution in [0.15, 0.2) is 54.7 Å². The second kappa shape index (κ2) is 6.60. The number of halogens is 3. The van der Waals surface area contributed by atoms with E-state index in [0.29, 0.717) is 0 Å². The summed E-state index contributed by atoms with van der Waals surface area (Å²) in [6.45, 7) is 0. The lowest BCUT2D eigenvalue weighted by atomic mass is 10.0. The van der Waals surface area contributed by atoms with Gasteiger partial charge in [0.15, 0.2) is 0 Å². The Kier molecular flexibility index (Phi) is 4.50. The van der Waals surface area contributed by atoms with Crippen molar-refractivity contribution < 1.29 is 18.0 Å². The van der Waals surface area contributed by atoms with E-state index in [1.54, 1.807) is 6.20 Å². The van der Waals surface area contributed by atoms with Crippen LogP contribution in [0.2, 0.25) is 0 Å². The summed E-state index contributed by atoms with van der Waals surface area (Å²) < 4.78 is 39.0. The minimum Gasteiger partial charge on any atom is -0.361 e. The summed E-state index contributed by atoms with van der Waals surface area (Å²) in [5, 5.41) is 3.22. The second-order valence-electron chi connectivity index (χ2n) is 5.70. The van der Waals surface area contributed by atoms with Crippen molar-refractivity contribution in [1.29, 1.82) is 0 Å². The number of benzene rings is 2. The van der Waals surface area contributed by atoms with E-state index < -0.39 is 23.7 Å². The van der Waals surface area contributed by atoms with E-state index >= 15 is 0 Å². The number of aromatic nitrogens is 1. The Hall–Kier alpha value is -2.80. The summed E-state index contributed by atoms with van der Waals surface area (Å²) in [6, 6.07) is 11.4. The predicted octanol–water partition coefficient (Wildman–Crippen LogP) is 3.70. The van der Waals surface area contributed by atoms with Crippen molar-refractivity contribution in [2.45, 2.75) is 18.6 Å². The maximum Gasteiger partial charge on any atom is 0.418 e. The molecule has 25 heavy (non-hydrogen) atoms. The number of nitrogens with two attached hydrogens (primary N) is 1. The lowest BCUT2D eigenvalue weighted by Crippen LogP contribution is -2.37. The summed E-state index contributed by atoms with van der Waals surface area (Å²) in [6.07, 6.45) is -2.59. The lowest BCUT2D eigenvalue weighted by Gasteiger charge is -2.16. The van der Waals surface area contributed by atoms with Crippen molar-refractivity contribution in [2.75, 3.05) is 5.32 Å². The van der Waals surface area contributed by atoms with E-state index in [1.165, 1.54) is 18.2 Å². The van der Waals surface area contributed by atoms with Crippen LogP contribution in [0.4, 0.5) is 18.9 Å². The molecule has 0 aliphatic heterocycles. The Morgan fingerprint density at radius 1 is 1.12 bits per heavy atom. The zero-order chi connectivity index (χ0) is 18.0. The highest BCUT2D eigenvalue weighted by atomic mass is 19.4. The van der Waals surface area contributed by atoms with Gasteiger partial charge in [0.1, 0.15) is 0 Å². The van der Waals surface area contributed by atoms with E-state index in [0.717, 1.165) is 22.5 Å². The van der Waals surface area contributed by atoms with Crippen LogP contribution in [0, 0.1) is 0 Å². The molecule has 7 heteroatoms. The Morgan fingerprint density at radius 3 is 2.56 bits per heavy atom. The van der Waals surface area contributed by atoms with Crippen LogP contribution in [0.25, 0.3) is 10.9 Å². The van der Waals surface area contributed by atoms with Gasteiger partial charge in [-0.05, 0) is 30.2 Å². The Labute approximate surface area is 141 Å². The molecule has 0 aliphatic rings. The van der Waals surface area contributed by atoms with Crippen LogP contribution in [-0.2, 0) is 17.4 Å². The molecular formula is C18H16F3N3O. The van der Waals surface area contributed by atoms with Gasteiger partial charge in [0.25, 0.3) is 0 Å². The summed E-state index contributed by atoms with van der Waals surface area (Å²) >= 11 is 0. The number of fused-ring (bicyclic) bond motifs is 1. The highest BCUT2D eigenvalue weighted by Gasteiger charge is 2.33. The zero-order valence-corrected chi connectivity index (χ0v) is 13.1. The second-order valence-corrected chi connectivity index (χ2v) is 5.70. The number of para-hydroxylation sites is 2. The summed E-state index contributed by atoms with van der Waals surface area (Å²) in [5.74, 6) is -0.665. The number of nitrogens with one attached hydrogen (secondary N) is 2. The van der Waals surface area contributed by atoms with Crippen molar-refractivity contribution in [3.05, 3.63) is 65.9 Å². The van der Waals surface area contributed by atoms with E-state index in [-0.39, 0.29) is 12.1 Å². The maximum atomic E-state index is 13.0. The normalized spacial score (nSPS) is 13.0. The van der Waals surface area contributed by atoms with Gasteiger partial charge in [0.2, 0.25) is 5.91 Å². The molecule has 0 bridgehead atoms. The van der Waals surface area contributed by atoms with Crippen molar-refractivity contribution >= 4 is 22.5 Å². The molecule has 0 saturated heterocycles. The first-order chi connectivity index (χ1) is 11.9. The third-order valence-corrected chi connectivity index (χ3v) is 3.94. The number of aromatic amines is 1. The molecule has 1 heterocycles. The average Bonchev–Trinajstić information content (AvgIpc) is 2.97. The predicted molar refractivity (Wildman–Crippen MR) is 90.1 cm³/mol. The molecule has 1 atom stereocenters. The number of hydrogen-bond donors (Lipinski definition) is 3. The fraction of sp³-hybridized carbons (Fsp3) is 0.167. The average molecular weight is 347 g/mol. The van der Waals surface area contributed by atoms with E-state index in [1.807, 2.05) is 24.3 Å². The minimum absolute atomic E-state index is 0.212. The van der Waals surface area contributed by atoms with Gasteiger partial charge in [0, 0.05) is 17.1 Å². The van der Waals surface area contributed by atoms with Gasteiger partial charge in [-0.15, -0.1) is 0 Å². The van der Waals surface area contributed by atoms with E-state index in [4.69, 9.17) is 5.73 Å². The molecule has 4 nitrogen and oxygen atoms in total. The van der Waals surface area contributed by atoms with Crippen molar-refractivity contribution in [3.8, 4) is 0 Å². The Bertz CT molecular complexity index is 902. The molecule has 2 aromatic carbocycles. The van der Waals surface area contributed by atoms with Crippen LogP contribution < -0.4 is 11.1 Å². The van der Waals surface area contributed by atoms with Gasteiger partial charge < -0.3 is 16.0 Å². The fourth-order valence-corrected chi connectivity index (χ4v) is 2.69. The molecule has 0 fully saturated rings. The zero-order valence-electron chi connectivity index (χ0n) is 13.1. The SMILES string of the molecule is NC(Cc1c[nH]c2ccccc12)C(=O)Nc1ccccc1C(F)(F)F. The number of amides is 1. The summed E-state index contributed by atoms with van der Waals surface area (Å²) in [7, 11) is 0. The topological polar surface area (TPSA) is 70.9 Å². The first kappa shape index (κ1) is 17.0. The summed E-state index contributed by atoms with van der Waals surface area (Å²) in [5.41, 5.74) is 6.45. The number of carbonyl (C=O) groups is 1. The van der Waals surface area contributed by atoms with Gasteiger partial charge in [-0.1, -0.05) is 30.3 Å². The van der Waals surface area contributed by atoms with Gasteiger partial charge in [-0.3, -0.25) is 4.79 Å². The van der Waals surface area contributed by atoms with Gasteiger partial charge in [0.05, 0.1) is 17.3 Å². The van der Waals surface area contributed by atoms with Crippen LogP contribution in [0.1, 0.15) is 11.1 Å². The van der Waals surface area contributed by atoms with Crippen LogP contribution in [-0.4, -0.2) is 16.9 Å². The van der Waals surface area contributed by atoms with Crippen LogP contribution in [0.5, 0.6) is 0 Å². The largest absolute Gasteiger partial charge is 0.418 e. The number of rotatable bonds is 4. The molecule has 0 spiro atoms. The number of carbonyl (C=O) groups excluding carboxylic acids is 1. The quantitative estimate of drug-likeness (QED) is 0.673.